The van der Waals surface area contributed by atoms with Crippen molar-refractivity contribution in [2.45, 2.75) is 38.6 Å². The largest absolute Gasteiger partial charge is 0.395 e. The number of aromatic nitrogens is 2. The topological polar surface area (TPSA) is 93.0 Å². The van der Waals surface area contributed by atoms with Gasteiger partial charge < -0.3 is 15.8 Å². The van der Waals surface area contributed by atoms with Crippen molar-refractivity contribution in [3.8, 4) is 0 Å². The lowest BCUT2D eigenvalue weighted by molar-refractivity contribution is 0.0885. The van der Waals surface area contributed by atoms with Gasteiger partial charge in [0, 0.05) is 6.61 Å². The van der Waals surface area contributed by atoms with E-state index in [-0.39, 0.29) is 23.1 Å². The van der Waals surface area contributed by atoms with Crippen molar-refractivity contribution in [1.82, 2.24) is 15.5 Å². The van der Waals surface area contributed by atoms with E-state index in [0.717, 1.165) is 12.1 Å². The zero-order valence-corrected chi connectivity index (χ0v) is 11.0. The summed E-state index contributed by atoms with van der Waals surface area (Å²) in [7, 11) is 0. The second kappa shape index (κ2) is 4.61. The van der Waals surface area contributed by atoms with E-state index in [2.05, 4.69) is 15.5 Å². The Morgan fingerprint density at radius 2 is 2.33 bits per heavy atom. The maximum atomic E-state index is 12.1. The molecule has 0 aliphatic carbocycles. The van der Waals surface area contributed by atoms with Crippen molar-refractivity contribution in [3.05, 3.63) is 11.4 Å². The number of carbonyl (C=O) groups is 1. The summed E-state index contributed by atoms with van der Waals surface area (Å²) in [5.74, 6) is -0.0342. The highest BCUT2D eigenvalue weighted by Crippen LogP contribution is 2.23. The van der Waals surface area contributed by atoms with E-state index < -0.39 is 0 Å². The Kier molecular flexibility index (Phi) is 3.30. The molecule has 1 atom stereocenters. The average molecular weight is 252 g/mol. The number of nitrogens with two attached hydrogens (primary N) is 1. The van der Waals surface area contributed by atoms with Gasteiger partial charge >= 0.3 is 0 Å². The highest BCUT2D eigenvalue weighted by molar-refractivity contribution is 5.98. The molecule has 0 radical (unpaired) electrons. The van der Waals surface area contributed by atoms with Crippen molar-refractivity contribution in [1.29, 1.82) is 0 Å². The Balaban J connectivity index is 2.14. The fraction of sp³-hybridized carbons (Fsp3) is 0.667. The maximum absolute atomic E-state index is 12.1. The first-order valence-corrected chi connectivity index (χ1v) is 6.17. The molecular weight excluding hydrogens is 232 g/mol. The van der Waals surface area contributed by atoms with E-state index in [1.807, 2.05) is 20.8 Å². The van der Waals surface area contributed by atoms with E-state index in [1.165, 1.54) is 0 Å². The van der Waals surface area contributed by atoms with Gasteiger partial charge in [-0.3, -0.25) is 9.89 Å². The van der Waals surface area contributed by atoms with Gasteiger partial charge in [0.15, 0.2) is 5.69 Å². The van der Waals surface area contributed by atoms with Crippen LogP contribution in [-0.4, -0.2) is 34.9 Å². The number of anilines is 1. The Labute approximate surface area is 106 Å². The molecule has 6 nitrogen and oxygen atoms in total. The predicted octanol–water partition coefficient (Wildman–Crippen LogP) is 1.02. The van der Waals surface area contributed by atoms with Gasteiger partial charge in [0.2, 0.25) is 0 Å². The second-order valence-corrected chi connectivity index (χ2v) is 5.37. The Morgan fingerprint density at radius 3 is 2.83 bits per heavy atom. The van der Waals surface area contributed by atoms with Crippen LogP contribution >= 0.6 is 0 Å². The van der Waals surface area contributed by atoms with E-state index in [4.69, 9.17) is 10.5 Å². The molecule has 0 aromatic carbocycles. The van der Waals surface area contributed by atoms with Crippen molar-refractivity contribution in [2.75, 3.05) is 18.9 Å². The van der Waals surface area contributed by atoms with Crippen LogP contribution in [0.5, 0.6) is 0 Å². The van der Waals surface area contributed by atoms with Gasteiger partial charge in [-0.1, -0.05) is 13.8 Å². The molecule has 4 N–H and O–H groups in total. The number of carbonyl (C=O) groups excluding carboxylic acids is 1. The van der Waals surface area contributed by atoms with Gasteiger partial charge in [-0.15, -0.1) is 0 Å². The first kappa shape index (κ1) is 12.9. The fourth-order valence-corrected chi connectivity index (χ4v) is 2.08. The summed E-state index contributed by atoms with van der Waals surface area (Å²) in [6.07, 6.45) is 0.806. The van der Waals surface area contributed by atoms with Crippen LogP contribution in [0.2, 0.25) is 0 Å². The van der Waals surface area contributed by atoms with Crippen LogP contribution in [-0.2, 0) is 4.74 Å². The molecule has 2 heterocycles. The van der Waals surface area contributed by atoms with Crippen LogP contribution in [0.3, 0.4) is 0 Å². The minimum atomic E-state index is -0.319. The smallest absolute Gasteiger partial charge is 0.274 e. The minimum absolute atomic E-state index is 0.212. The number of H-pyrrole nitrogens is 1. The highest BCUT2D eigenvalue weighted by Gasteiger charge is 2.33. The molecular formula is C12H20N4O2. The van der Waals surface area contributed by atoms with Crippen LogP contribution in [0.15, 0.2) is 0 Å². The molecule has 1 amide bonds. The summed E-state index contributed by atoms with van der Waals surface area (Å²) < 4.78 is 5.30. The molecule has 100 valence electrons. The number of rotatable bonds is 3. The zero-order chi connectivity index (χ0) is 13.3. The first-order chi connectivity index (χ1) is 8.43. The lowest BCUT2D eigenvalue weighted by Crippen LogP contribution is -2.46. The van der Waals surface area contributed by atoms with Gasteiger partial charge in [-0.05, 0) is 19.3 Å². The first-order valence-electron chi connectivity index (χ1n) is 6.17. The van der Waals surface area contributed by atoms with Crippen molar-refractivity contribution in [3.63, 3.8) is 0 Å². The molecule has 1 fully saturated rings. The van der Waals surface area contributed by atoms with E-state index in [0.29, 0.717) is 18.9 Å². The Bertz CT molecular complexity index is 447. The van der Waals surface area contributed by atoms with E-state index >= 15 is 0 Å². The normalized spacial score (nSPS) is 23.6. The molecule has 1 aliphatic rings. The Hall–Kier alpha value is -1.56. The molecule has 2 rings (SSSR count). The second-order valence-electron chi connectivity index (χ2n) is 5.37. The van der Waals surface area contributed by atoms with Crippen molar-refractivity contribution >= 4 is 11.6 Å². The summed E-state index contributed by atoms with van der Waals surface area (Å²) >= 11 is 0. The molecule has 0 spiro atoms. The third-order valence-electron chi connectivity index (χ3n) is 3.26. The third-order valence-corrected chi connectivity index (χ3v) is 3.26. The zero-order valence-electron chi connectivity index (χ0n) is 11.0. The summed E-state index contributed by atoms with van der Waals surface area (Å²) in [6.45, 7) is 7.16. The lowest BCUT2D eigenvalue weighted by Gasteiger charge is -2.22. The number of nitrogen functional groups attached to an aromatic ring is 1. The number of amides is 1. The molecule has 18 heavy (non-hydrogen) atoms. The van der Waals surface area contributed by atoms with Crippen LogP contribution < -0.4 is 11.1 Å². The van der Waals surface area contributed by atoms with Gasteiger partial charge in [0.25, 0.3) is 5.91 Å². The van der Waals surface area contributed by atoms with Crippen LogP contribution in [0, 0.1) is 0 Å². The summed E-state index contributed by atoms with van der Waals surface area (Å²) in [4.78, 5) is 12.1. The molecule has 1 unspecified atom stereocenters. The molecule has 0 saturated carbocycles. The molecule has 6 heteroatoms. The van der Waals surface area contributed by atoms with Gasteiger partial charge in [-0.2, -0.15) is 5.10 Å². The van der Waals surface area contributed by atoms with Crippen LogP contribution in [0.25, 0.3) is 0 Å². The van der Waals surface area contributed by atoms with Gasteiger partial charge in [0.05, 0.1) is 23.5 Å². The van der Waals surface area contributed by atoms with Gasteiger partial charge in [-0.25, -0.2) is 0 Å². The number of nitrogens with one attached hydrogen (secondary N) is 2. The highest BCUT2D eigenvalue weighted by atomic mass is 16.5. The number of aromatic amines is 1. The number of hydrogen-bond donors (Lipinski definition) is 3. The maximum Gasteiger partial charge on any atom is 0.274 e. The van der Waals surface area contributed by atoms with E-state index in [1.54, 1.807) is 0 Å². The molecule has 0 bridgehead atoms. The van der Waals surface area contributed by atoms with E-state index in [9.17, 15) is 4.79 Å². The fourth-order valence-electron chi connectivity index (χ4n) is 2.08. The lowest BCUT2D eigenvalue weighted by atomic mass is 10.0. The third kappa shape index (κ3) is 2.33. The van der Waals surface area contributed by atoms with Crippen molar-refractivity contribution < 1.29 is 9.53 Å². The van der Waals surface area contributed by atoms with Crippen LogP contribution in [0.4, 0.5) is 5.69 Å². The Morgan fingerprint density at radius 1 is 1.61 bits per heavy atom. The molecule has 1 aliphatic heterocycles. The SMILES string of the molecule is CC(C)c1[nH]nc(C(=O)NC2(C)CCOC2)c1N. The predicted molar refractivity (Wildman–Crippen MR) is 68.4 cm³/mol. The molecule has 1 aromatic heterocycles. The number of ether oxygens (including phenoxy) is 1. The summed E-state index contributed by atoms with van der Waals surface area (Å²) in [5, 5.41) is 9.77. The number of nitrogens with zero attached hydrogens (tertiary/aromatic N) is 1. The van der Waals surface area contributed by atoms with Crippen LogP contribution in [0.1, 0.15) is 49.3 Å². The standard InChI is InChI=1S/C12H20N4O2/c1-7(2)9-8(13)10(16-15-9)11(17)14-12(3)4-5-18-6-12/h7H,4-6,13H2,1-3H3,(H,14,17)(H,15,16). The number of hydrogen-bond acceptors (Lipinski definition) is 4. The van der Waals surface area contributed by atoms with Gasteiger partial charge in [0.1, 0.15) is 0 Å². The van der Waals surface area contributed by atoms with Crippen molar-refractivity contribution in [2.24, 2.45) is 0 Å². The summed E-state index contributed by atoms with van der Waals surface area (Å²) in [5.41, 5.74) is 7.12. The quantitative estimate of drug-likeness (QED) is 0.749. The minimum Gasteiger partial charge on any atom is -0.395 e. The molecule has 1 saturated heterocycles. The summed E-state index contributed by atoms with van der Waals surface area (Å²) in [6, 6.07) is 0. The monoisotopic (exact) mass is 252 g/mol. The molecule has 1 aromatic rings. The average Bonchev–Trinajstić information content (AvgIpc) is 2.84.